The van der Waals surface area contributed by atoms with E-state index in [1.54, 1.807) is 18.4 Å². The van der Waals surface area contributed by atoms with Crippen molar-refractivity contribution in [2.75, 3.05) is 7.11 Å². The number of aromatic nitrogens is 1. The Hall–Kier alpha value is -2.38. The highest BCUT2D eigenvalue weighted by atomic mass is 32.1. The first kappa shape index (κ1) is 20.4. The number of para-hydroxylation sites is 2. The average molecular weight is 417 g/mol. The SMILES string of the molecule is CCC(C)N(Cc1csc(COc2ccccc2OC)n1)C(=O)c1cccs1. The summed E-state index contributed by atoms with van der Waals surface area (Å²) >= 11 is 3.01. The van der Waals surface area contributed by atoms with Gasteiger partial charge in [-0.15, -0.1) is 22.7 Å². The van der Waals surface area contributed by atoms with E-state index in [1.807, 2.05) is 52.1 Å². The molecule has 0 bridgehead atoms. The van der Waals surface area contributed by atoms with Crippen LogP contribution < -0.4 is 9.47 Å². The van der Waals surface area contributed by atoms with Gasteiger partial charge in [-0.05, 0) is 36.9 Å². The third kappa shape index (κ3) is 4.91. The van der Waals surface area contributed by atoms with Crippen LogP contribution in [0.15, 0.2) is 47.2 Å². The van der Waals surface area contributed by atoms with E-state index in [0.717, 1.165) is 22.0 Å². The van der Waals surface area contributed by atoms with Gasteiger partial charge in [0, 0.05) is 11.4 Å². The minimum absolute atomic E-state index is 0.0594. The lowest BCUT2D eigenvalue weighted by Crippen LogP contribution is -2.37. The van der Waals surface area contributed by atoms with Crippen LogP contribution in [-0.2, 0) is 13.2 Å². The molecule has 0 saturated carbocycles. The van der Waals surface area contributed by atoms with E-state index in [9.17, 15) is 4.79 Å². The Labute approximate surface area is 173 Å². The molecule has 3 rings (SSSR count). The fourth-order valence-electron chi connectivity index (χ4n) is 2.73. The third-order valence-corrected chi connectivity index (χ3v) is 6.20. The molecule has 0 radical (unpaired) electrons. The van der Waals surface area contributed by atoms with Crippen LogP contribution in [0.3, 0.4) is 0 Å². The molecule has 7 heteroatoms. The first-order valence-electron chi connectivity index (χ1n) is 9.16. The van der Waals surface area contributed by atoms with Gasteiger partial charge < -0.3 is 14.4 Å². The molecule has 0 aliphatic carbocycles. The van der Waals surface area contributed by atoms with E-state index in [0.29, 0.717) is 24.7 Å². The van der Waals surface area contributed by atoms with E-state index >= 15 is 0 Å². The highest BCUT2D eigenvalue weighted by Crippen LogP contribution is 2.27. The molecule has 5 nitrogen and oxygen atoms in total. The lowest BCUT2D eigenvalue weighted by Gasteiger charge is -2.27. The van der Waals surface area contributed by atoms with E-state index in [-0.39, 0.29) is 11.9 Å². The van der Waals surface area contributed by atoms with Crippen molar-refractivity contribution < 1.29 is 14.3 Å². The highest BCUT2D eigenvalue weighted by Gasteiger charge is 2.22. The van der Waals surface area contributed by atoms with Crippen molar-refractivity contribution in [3.05, 3.63) is 62.7 Å². The van der Waals surface area contributed by atoms with Crippen LogP contribution >= 0.6 is 22.7 Å². The molecule has 0 N–H and O–H groups in total. The van der Waals surface area contributed by atoms with Crippen LogP contribution in [0.5, 0.6) is 11.5 Å². The van der Waals surface area contributed by atoms with E-state index in [2.05, 4.69) is 18.8 Å². The van der Waals surface area contributed by atoms with Crippen LogP contribution in [0.25, 0.3) is 0 Å². The zero-order valence-electron chi connectivity index (χ0n) is 16.3. The van der Waals surface area contributed by atoms with Crippen molar-refractivity contribution in [2.45, 2.75) is 39.5 Å². The number of thiazole rings is 1. The van der Waals surface area contributed by atoms with E-state index in [4.69, 9.17) is 9.47 Å². The van der Waals surface area contributed by atoms with Crippen LogP contribution in [0, 0.1) is 0 Å². The second-order valence-corrected chi connectivity index (χ2v) is 8.23. The molecule has 0 saturated heterocycles. The minimum Gasteiger partial charge on any atom is -0.493 e. The number of nitrogens with zero attached hydrogens (tertiary/aromatic N) is 2. The number of carbonyl (C=O) groups is 1. The van der Waals surface area contributed by atoms with Crippen LogP contribution in [-0.4, -0.2) is 28.9 Å². The molecule has 0 spiro atoms. The monoisotopic (exact) mass is 416 g/mol. The summed E-state index contributed by atoms with van der Waals surface area (Å²) in [6.07, 6.45) is 0.894. The van der Waals surface area contributed by atoms with Gasteiger partial charge >= 0.3 is 0 Å². The Morgan fingerprint density at radius 2 is 1.96 bits per heavy atom. The largest absolute Gasteiger partial charge is 0.493 e. The number of methoxy groups -OCH3 is 1. The fraction of sp³-hybridized carbons (Fsp3) is 0.333. The smallest absolute Gasteiger partial charge is 0.264 e. The number of rotatable bonds is 9. The molecule has 3 aromatic rings. The number of ether oxygens (including phenoxy) is 2. The van der Waals surface area contributed by atoms with Gasteiger partial charge in [-0.1, -0.05) is 25.1 Å². The van der Waals surface area contributed by atoms with E-state index in [1.165, 1.54) is 11.3 Å². The Morgan fingerprint density at radius 1 is 1.18 bits per heavy atom. The van der Waals surface area contributed by atoms with Crippen LogP contribution in [0.4, 0.5) is 0 Å². The molecule has 0 fully saturated rings. The predicted octanol–water partition coefficient (Wildman–Crippen LogP) is 5.23. The maximum Gasteiger partial charge on any atom is 0.264 e. The molecule has 1 atom stereocenters. The number of benzene rings is 1. The normalized spacial score (nSPS) is 11.8. The summed E-state index contributed by atoms with van der Waals surface area (Å²) in [4.78, 5) is 20.2. The Kier molecular flexibility index (Phi) is 7.06. The molecule has 1 aromatic carbocycles. The van der Waals surface area contributed by atoms with Crippen molar-refractivity contribution >= 4 is 28.6 Å². The second-order valence-electron chi connectivity index (χ2n) is 6.34. The Balaban J connectivity index is 1.67. The van der Waals surface area contributed by atoms with Crippen LogP contribution in [0.2, 0.25) is 0 Å². The summed E-state index contributed by atoms with van der Waals surface area (Å²) in [5.41, 5.74) is 0.883. The standard InChI is InChI=1S/C21H24N2O3S2/c1-4-15(2)23(21(24)19-10-7-11-27-19)12-16-14-28-20(22-16)13-26-18-9-6-5-8-17(18)25-3/h5-11,14-15H,4,12-13H2,1-3H3. The number of carbonyl (C=O) groups excluding carboxylic acids is 1. The summed E-state index contributed by atoms with van der Waals surface area (Å²) in [6, 6.07) is 11.5. The molecular formula is C21H24N2O3S2. The van der Waals surface area contributed by atoms with Gasteiger partial charge in [-0.25, -0.2) is 4.98 Å². The molecule has 1 unspecified atom stereocenters. The minimum atomic E-state index is 0.0594. The number of thiophene rings is 1. The number of hydrogen-bond donors (Lipinski definition) is 0. The molecule has 28 heavy (non-hydrogen) atoms. The van der Waals surface area contributed by atoms with Gasteiger partial charge in [0.05, 0.1) is 24.2 Å². The number of amides is 1. The van der Waals surface area contributed by atoms with Gasteiger partial charge in [-0.2, -0.15) is 0 Å². The summed E-state index contributed by atoms with van der Waals surface area (Å²) in [6.45, 7) is 5.03. The molecule has 0 aliphatic heterocycles. The molecule has 2 heterocycles. The molecule has 2 aromatic heterocycles. The molecule has 1 amide bonds. The first-order chi connectivity index (χ1) is 13.6. The quantitative estimate of drug-likeness (QED) is 0.479. The maximum atomic E-state index is 12.9. The zero-order chi connectivity index (χ0) is 19.9. The summed E-state index contributed by atoms with van der Waals surface area (Å²) in [5.74, 6) is 1.45. The fourth-order valence-corrected chi connectivity index (χ4v) is 4.11. The van der Waals surface area contributed by atoms with Crippen molar-refractivity contribution in [1.29, 1.82) is 0 Å². The van der Waals surface area contributed by atoms with Gasteiger partial charge in [0.25, 0.3) is 5.91 Å². The first-order valence-corrected chi connectivity index (χ1v) is 10.9. The van der Waals surface area contributed by atoms with Crippen molar-refractivity contribution in [1.82, 2.24) is 9.88 Å². The third-order valence-electron chi connectivity index (χ3n) is 4.47. The van der Waals surface area contributed by atoms with Gasteiger partial charge in [0.2, 0.25) is 0 Å². The highest BCUT2D eigenvalue weighted by molar-refractivity contribution is 7.12. The van der Waals surface area contributed by atoms with Crippen LogP contribution in [0.1, 0.15) is 40.6 Å². The van der Waals surface area contributed by atoms with Gasteiger partial charge in [0.1, 0.15) is 11.6 Å². The molecule has 0 aliphatic rings. The van der Waals surface area contributed by atoms with Crippen molar-refractivity contribution in [2.24, 2.45) is 0 Å². The topological polar surface area (TPSA) is 51.7 Å². The number of hydrogen-bond acceptors (Lipinski definition) is 6. The maximum absolute atomic E-state index is 12.9. The molecular weight excluding hydrogens is 392 g/mol. The van der Waals surface area contributed by atoms with Gasteiger partial charge in [0.15, 0.2) is 11.5 Å². The van der Waals surface area contributed by atoms with E-state index < -0.39 is 0 Å². The lowest BCUT2D eigenvalue weighted by atomic mass is 10.2. The Bertz CT molecular complexity index is 893. The summed E-state index contributed by atoms with van der Waals surface area (Å²) in [7, 11) is 1.62. The lowest BCUT2D eigenvalue weighted by molar-refractivity contribution is 0.0674. The van der Waals surface area contributed by atoms with Gasteiger partial charge in [-0.3, -0.25) is 4.79 Å². The second kappa shape index (κ2) is 9.71. The predicted molar refractivity (Wildman–Crippen MR) is 113 cm³/mol. The Morgan fingerprint density at radius 3 is 2.64 bits per heavy atom. The zero-order valence-corrected chi connectivity index (χ0v) is 17.9. The summed E-state index contributed by atoms with van der Waals surface area (Å²) in [5, 5.41) is 4.80. The average Bonchev–Trinajstić information content (AvgIpc) is 3.41. The van der Waals surface area contributed by atoms with Crippen molar-refractivity contribution in [3.8, 4) is 11.5 Å². The van der Waals surface area contributed by atoms with Crippen molar-refractivity contribution in [3.63, 3.8) is 0 Å². The molecule has 148 valence electrons. The summed E-state index contributed by atoms with van der Waals surface area (Å²) < 4.78 is 11.2.